The smallest absolute Gasteiger partial charge is 0.319 e. The molecular formula is C9H18O3S. The maximum absolute atomic E-state index is 11.4. The molecule has 0 aliphatic rings. The highest BCUT2D eigenvalue weighted by atomic mass is 32.2. The first-order valence-corrected chi connectivity index (χ1v) is 6.11. The van der Waals surface area contributed by atoms with Gasteiger partial charge in [0, 0.05) is 16.6 Å². The van der Waals surface area contributed by atoms with Crippen LogP contribution < -0.4 is 0 Å². The molecule has 0 rings (SSSR count). The largest absolute Gasteiger partial charge is 0.480 e. The van der Waals surface area contributed by atoms with Crippen molar-refractivity contribution in [2.75, 3.05) is 5.75 Å². The number of hydrogen-bond donors (Lipinski definition) is 1. The van der Waals surface area contributed by atoms with Gasteiger partial charge in [-0.15, -0.1) is 0 Å². The van der Waals surface area contributed by atoms with Gasteiger partial charge in [-0.05, 0) is 12.8 Å². The lowest BCUT2D eigenvalue weighted by atomic mass is 10.2. The van der Waals surface area contributed by atoms with E-state index < -0.39 is 22.0 Å². The van der Waals surface area contributed by atoms with E-state index >= 15 is 0 Å². The highest BCUT2D eigenvalue weighted by molar-refractivity contribution is 7.86. The summed E-state index contributed by atoms with van der Waals surface area (Å²) in [6.07, 6.45) is 3.11. The summed E-state index contributed by atoms with van der Waals surface area (Å²) in [7, 11) is -1.19. The minimum atomic E-state index is -1.19. The summed E-state index contributed by atoms with van der Waals surface area (Å²) in [6.45, 7) is 3.91. The average molecular weight is 206 g/mol. The fraction of sp³-hybridized carbons (Fsp3) is 0.889. The Balaban J connectivity index is 4.07. The number of carboxylic acid groups (broad SMARTS) is 1. The molecule has 78 valence electrons. The van der Waals surface area contributed by atoms with Gasteiger partial charge in [0.15, 0.2) is 0 Å². The summed E-state index contributed by atoms with van der Waals surface area (Å²) in [6, 6.07) is 0. The SMILES string of the molecule is CCCCC(C(=O)O)S(=O)CCC. The van der Waals surface area contributed by atoms with Crippen LogP contribution in [0, 0.1) is 0 Å². The first-order chi connectivity index (χ1) is 6.13. The van der Waals surface area contributed by atoms with Gasteiger partial charge in [-0.25, -0.2) is 0 Å². The molecule has 0 saturated carbocycles. The normalized spacial score (nSPS) is 15.2. The molecule has 0 bridgehead atoms. The molecule has 0 radical (unpaired) electrons. The zero-order chi connectivity index (χ0) is 10.3. The zero-order valence-corrected chi connectivity index (χ0v) is 9.10. The summed E-state index contributed by atoms with van der Waals surface area (Å²) in [4.78, 5) is 10.7. The van der Waals surface area contributed by atoms with Crippen LogP contribution >= 0.6 is 0 Å². The van der Waals surface area contributed by atoms with Crippen LogP contribution in [-0.4, -0.2) is 26.3 Å². The van der Waals surface area contributed by atoms with Crippen LogP contribution in [-0.2, 0) is 15.6 Å². The van der Waals surface area contributed by atoms with E-state index in [9.17, 15) is 9.00 Å². The summed E-state index contributed by atoms with van der Waals surface area (Å²) in [5, 5.41) is 8.15. The Bertz CT molecular complexity index is 180. The summed E-state index contributed by atoms with van der Waals surface area (Å²) in [5.41, 5.74) is 0. The van der Waals surface area contributed by atoms with Crippen molar-refractivity contribution >= 4 is 16.8 Å². The standard InChI is InChI=1S/C9H18O3S/c1-3-5-6-8(9(10)11)13(12)7-4-2/h8H,3-7H2,1-2H3,(H,10,11). The van der Waals surface area contributed by atoms with Crippen molar-refractivity contribution < 1.29 is 14.1 Å². The van der Waals surface area contributed by atoms with E-state index in [1.807, 2.05) is 13.8 Å². The van der Waals surface area contributed by atoms with Crippen molar-refractivity contribution in [1.82, 2.24) is 0 Å². The van der Waals surface area contributed by atoms with Crippen LogP contribution in [0.5, 0.6) is 0 Å². The van der Waals surface area contributed by atoms with Gasteiger partial charge in [-0.1, -0.05) is 26.7 Å². The number of rotatable bonds is 7. The Hall–Kier alpha value is -0.380. The molecule has 0 aliphatic heterocycles. The Kier molecular flexibility index (Phi) is 6.86. The Labute approximate surface area is 82.0 Å². The third kappa shape index (κ3) is 5.03. The third-order valence-corrected chi connectivity index (χ3v) is 3.70. The second kappa shape index (κ2) is 7.06. The summed E-state index contributed by atoms with van der Waals surface area (Å²) in [5.74, 6) is -0.416. The topological polar surface area (TPSA) is 54.4 Å². The van der Waals surface area contributed by atoms with Gasteiger partial charge in [-0.2, -0.15) is 0 Å². The Morgan fingerprint density at radius 3 is 2.38 bits per heavy atom. The minimum Gasteiger partial charge on any atom is -0.480 e. The molecule has 1 N–H and O–H groups in total. The monoisotopic (exact) mass is 206 g/mol. The zero-order valence-electron chi connectivity index (χ0n) is 8.28. The van der Waals surface area contributed by atoms with Gasteiger partial charge in [-0.3, -0.25) is 9.00 Å². The van der Waals surface area contributed by atoms with Crippen molar-refractivity contribution in [1.29, 1.82) is 0 Å². The lowest BCUT2D eigenvalue weighted by Gasteiger charge is -2.10. The van der Waals surface area contributed by atoms with Crippen molar-refractivity contribution in [3.8, 4) is 0 Å². The molecule has 0 heterocycles. The molecule has 2 atom stereocenters. The molecule has 0 spiro atoms. The van der Waals surface area contributed by atoms with E-state index in [1.165, 1.54) is 0 Å². The average Bonchev–Trinajstić information content (AvgIpc) is 2.05. The molecule has 13 heavy (non-hydrogen) atoms. The second-order valence-corrected chi connectivity index (χ2v) is 4.79. The highest BCUT2D eigenvalue weighted by Crippen LogP contribution is 2.09. The molecular weight excluding hydrogens is 188 g/mol. The molecule has 0 aliphatic carbocycles. The molecule has 0 fully saturated rings. The van der Waals surface area contributed by atoms with E-state index in [-0.39, 0.29) is 0 Å². The fourth-order valence-electron chi connectivity index (χ4n) is 1.10. The van der Waals surface area contributed by atoms with E-state index in [1.54, 1.807) is 0 Å². The van der Waals surface area contributed by atoms with E-state index in [0.717, 1.165) is 19.3 Å². The maximum Gasteiger partial charge on any atom is 0.319 e. The second-order valence-electron chi connectivity index (χ2n) is 3.05. The lowest BCUT2D eigenvalue weighted by Crippen LogP contribution is -2.27. The number of aliphatic carboxylic acids is 1. The van der Waals surface area contributed by atoms with Gasteiger partial charge in [0.25, 0.3) is 0 Å². The Morgan fingerprint density at radius 1 is 1.38 bits per heavy atom. The molecule has 0 amide bonds. The van der Waals surface area contributed by atoms with E-state index in [2.05, 4.69) is 0 Å². The highest BCUT2D eigenvalue weighted by Gasteiger charge is 2.22. The van der Waals surface area contributed by atoms with Gasteiger partial charge in [0.2, 0.25) is 0 Å². The van der Waals surface area contributed by atoms with Gasteiger partial charge < -0.3 is 5.11 Å². The predicted molar refractivity (Wildman–Crippen MR) is 54.2 cm³/mol. The first kappa shape index (κ1) is 12.6. The van der Waals surface area contributed by atoms with Crippen molar-refractivity contribution in [3.63, 3.8) is 0 Å². The van der Waals surface area contributed by atoms with Gasteiger partial charge >= 0.3 is 5.97 Å². The lowest BCUT2D eigenvalue weighted by molar-refractivity contribution is -0.136. The van der Waals surface area contributed by atoms with Crippen molar-refractivity contribution in [3.05, 3.63) is 0 Å². The Morgan fingerprint density at radius 2 is 2.00 bits per heavy atom. The molecule has 2 unspecified atom stereocenters. The molecule has 3 nitrogen and oxygen atoms in total. The molecule has 4 heteroatoms. The van der Waals surface area contributed by atoms with Crippen LogP contribution in [0.1, 0.15) is 39.5 Å². The van der Waals surface area contributed by atoms with Crippen LogP contribution in [0.15, 0.2) is 0 Å². The third-order valence-electron chi connectivity index (χ3n) is 1.82. The summed E-state index contributed by atoms with van der Waals surface area (Å²) < 4.78 is 11.4. The van der Waals surface area contributed by atoms with Crippen LogP contribution in [0.4, 0.5) is 0 Å². The number of carbonyl (C=O) groups is 1. The molecule has 0 aromatic rings. The van der Waals surface area contributed by atoms with Crippen molar-refractivity contribution in [2.24, 2.45) is 0 Å². The molecule has 0 saturated heterocycles. The van der Waals surface area contributed by atoms with E-state index in [4.69, 9.17) is 5.11 Å². The van der Waals surface area contributed by atoms with Gasteiger partial charge in [0.1, 0.15) is 5.25 Å². The van der Waals surface area contributed by atoms with Crippen molar-refractivity contribution in [2.45, 2.75) is 44.8 Å². The number of hydrogen-bond acceptors (Lipinski definition) is 2. The summed E-state index contributed by atoms with van der Waals surface area (Å²) >= 11 is 0. The maximum atomic E-state index is 11.4. The minimum absolute atomic E-state index is 0.501. The van der Waals surface area contributed by atoms with Gasteiger partial charge in [0.05, 0.1) is 0 Å². The quantitative estimate of drug-likeness (QED) is 0.691. The van der Waals surface area contributed by atoms with Crippen LogP contribution in [0.2, 0.25) is 0 Å². The van der Waals surface area contributed by atoms with Crippen LogP contribution in [0.3, 0.4) is 0 Å². The molecule has 0 aromatic heterocycles. The van der Waals surface area contributed by atoms with Crippen LogP contribution in [0.25, 0.3) is 0 Å². The first-order valence-electron chi connectivity index (χ1n) is 4.73. The van der Waals surface area contributed by atoms with E-state index in [0.29, 0.717) is 12.2 Å². The molecule has 0 aromatic carbocycles. The fourth-order valence-corrected chi connectivity index (χ4v) is 2.44. The number of carboxylic acids is 1. The number of unbranched alkanes of at least 4 members (excludes halogenated alkanes) is 1. The predicted octanol–water partition coefficient (Wildman–Crippen LogP) is 1.79.